The van der Waals surface area contributed by atoms with E-state index in [0.29, 0.717) is 128 Å². The summed E-state index contributed by atoms with van der Waals surface area (Å²) in [5, 5.41) is 53.1. The molecule has 0 saturated carbocycles. The number of hydrogen-bond acceptors (Lipinski definition) is 17. The molecule has 23 heteroatoms. The Morgan fingerprint density at radius 3 is 1.62 bits per heavy atom. The number of carboxylic acid groups (broad SMARTS) is 2. The van der Waals surface area contributed by atoms with Crippen molar-refractivity contribution >= 4 is 62.2 Å². The predicted molar refractivity (Wildman–Crippen MR) is 217 cm³/mol. The van der Waals surface area contributed by atoms with Crippen molar-refractivity contribution in [2.45, 2.75) is 46.5 Å². The van der Waals surface area contributed by atoms with Crippen molar-refractivity contribution in [3.8, 4) is 0 Å². The van der Waals surface area contributed by atoms with E-state index in [1.807, 2.05) is 11.0 Å². The zero-order chi connectivity index (χ0) is 44.3. The Morgan fingerprint density at radius 2 is 1.18 bits per heavy atom. The number of amides is 2. The van der Waals surface area contributed by atoms with Crippen molar-refractivity contribution in [3.05, 3.63) is 50.1 Å². The lowest BCUT2D eigenvalue weighted by Crippen LogP contribution is -2.31. The van der Waals surface area contributed by atoms with Crippen LogP contribution in [0.15, 0.2) is 34.5 Å². The van der Waals surface area contributed by atoms with Crippen LogP contribution in [0, 0.1) is 39.0 Å². The van der Waals surface area contributed by atoms with Gasteiger partial charge in [0.2, 0.25) is 16.8 Å². The van der Waals surface area contributed by atoms with Crippen molar-refractivity contribution in [1.29, 1.82) is 0 Å². The Hall–Kier alpha value is -5.20. The summed E-state index contributed by atoms with van der Waals surface area (Å²) in [5.41, 5.74) is 1.42. The van der Waals surface area contributed by atoms with Gasteiger partial charge >= 0.3 is 22.6 Å². The normalized spacial score (nSPS) is 12.2. The lowest BCUT2D eigenvalue weighted by molar-refractivity contribution is -0.389. The third-order valence-corrected chi connectivity index (χ3v) is 9.34. The van der Waals surface area contributed by atoms with Crippen molar-refractivity contribution < 1.29 is 62.9 Å². The number of nitro groups is 2. The molecule has 2 atom stereocenters. The van der Waals surface area contributed by atoms with Gasteiger partial charge in [0, 0.05) is 57.9 Å². The van der Waals surface area contributed by atoms with Gasteiger partial charge in [-0.3, -0.25) is 39.4 Å². The molecule has 334 valence electrons. The Morgan fingerprint density at radius 1 is 0.717 bits per heavy atom. The van der Waals surface area contributed by atoms with Crippen LogP contribution >= 0.6 is 11.3 Å². The van der Waals surface area contributed by atoms with E-state index in [1.54, 1.807) is 19.1 Å². The molecule has 2 rings (SSSR count). The molecule has 0 aliphatic heterocycles. The van der Waals surface area contributed by atoms with Crippen LogP contribution in [0.3, 0.4) is 0 Å². The van der Waals surface area contributed by atoms with Crippen LogP contribution in [-0.2, 0) is 42.9 Å². The molecular weight excluding hydrogens is 815 g/mol. The van der Waals surface area contributed by atoms with Crippen molar-refractivity contribution in [2.24, 2.45) is 22.1 Å². The molecule has 60 heavy (non-hydrogen) atoms. The largest absolute Gasteiger partial charge is 0.481 e. The van der Waals surface area contributed by atoms with Crippen LogP contribution in [0.1, 0.15) is 45.1 Å². The molecule has 22 nitrogen and oxygen atoms in total. The molecule has 2 amide bonds. The number of aliphatic carboxylic acids is 2. The molecule has 0 aliphatic carbocycles. The second-order valence-corrected chi connectivity index (χ2v) is 14.3. The number of benzene rings is 1. The van der Waals surface area contributed by atoms with E-state index in [-0.39, 0.29) is 29.7 Å². The summed E-state index contributed by atoms with van der Waals surface area (Å²) in [6.45, 7) is 9.98. The van der Waals surface area contributed by atoms with E-state index < -0.39 is 44.3 Å². The van der Waals surface area contributed by atoms with Gasteiger partial charge in [0.1, 0.15) is 6.07 Å². The molecule has 0 radical (unpaired) electrons. The molecule has 0 saturated heterocycles. The van der Waals surface area contributed by atoms with E-state index >= 15 is 0 Å². The average molecular weight is 870 g/mol. The minimum absolute atomic E-state index is 0.0741. The number of thiophene rings is 1. The quantitative estimate of drug-likeness (QED) is 0.0328. The molecule has 2 aromatic rings. The van der Waals surface area contributed by atoms with E-state index in [2.05, 4.69) is 20.9 Å². The lowest BCUT2D eigenvalue weighted by atomic mass is 10.1. The highest BCUT2D eigenvalue weighted by Gasteiger charge is 2.25. The van der Waals surface area contributed by atoms with E-state index in [1.165, 1.54) is 13.8 Å². The smallest absolute Gasteiger partial charge is 0.333 e. The van der Waals surface area contributed by atoms with Gasteiger partial charge in [0.15, 0.2) is 0 Å². The molecule has 2 unspecified atom stereocenters. The van der Waals surface area contributed by atoms with Gasteiger partial charge in [0.25, 0.3) is 0 Å². The first-order valence-electron chi connectivity index (χ1n) is 19.3. The summed E-state index contributed by atoms with van der Waals surface area (Å²) in [6.07, 6.45) is 0.971. The maximum Gasteiger partial charge on any atom is 0.333 e. The lowest BCUT2D eigenvalue weighted by Gasteiger charge is -2.25. The first-order valence-corrected chi connectivity index (χ1v) is 20.1. The fourth-order valence-electron chi connectivity index (χ4n) is 4.96. The Labute approximate surface area is 350 Å². The summed E-state index contributed by atoms with van der Waals surface area (Å²) in [6, 6.07) is 6.20. The predicted octanol–water partition coefficient (Wildman–Crippen LogP) is 4.41. The number of azo groups is 1. The average Bonchev–Trinajstić information content (AvgIpc) is 3.64. The molecule has 1 aromatic carbocycles. The van der Waals surface area contributed by atoms with Gasteiger partial charge in [-0.2, -0.15) is 0 Å². The Kier molecular flexibility index (Phi) is 24.7. The van der Waals surface area contributed by atoms with Crippen LogP contribution < -0.4 is 15.5 Å². The molecule has 0 spiro atoms. The highest BCUT2D eigenvalue weighted by molar-refractivity contribution is 7.19. The van der Waals surface area contributed by atoms with Gasteiger partial charge in [-0.05, 0) is 54.9 Å². The third kappa shape index (κ3) is 21.2. The SMILES string of the molecule is Cc1cc(N(CCOCCOCCCNC(=O)CC(C)C(=O)O)CCOCCOCCOCCCNC(=O)CC(C)C(=O)O)ccc1/N=N/c1sc([N+](=O)[O-])cc1[N+](=O)[O-]. The summed E-state index contributed by atoms with van der Waals surface area (Å²) in [4.78, 5) is 68.3. The molecule has 0 aliphatic rings. The van der Waals surface area contributed by atoms with Crippen molar-refractivity contribution in [3.63, 3.8) is 0 Å². The van der Waals surface area contributed by atoms with Gasteiger partial charge in [-0.15, -0.1) is 10.2 Å². The number of aryl methyl sites for hydroxylation is 1. The number of ether oxygens (including phenoxy) is 5. The number of nitrogens with one attached hydrogen (secondary N) is 2. The molecule has 0 bridgehead atoms. The first-order chi connectivity index (χ1) is 28.7. The first kappa shape index (κ1) is 50.9. The van der Waals surface area contributed by atoms with Gasteiger partial charge in [-0.25, -0.2) is 0 Å². The topological polar surface area (TPSA) is 293 Å². The maximum absolute atomic E-state index is 11.8. The molecular formula is C37H55N7O15S. The third-order valence-electron chi connectivity index (χ3n) is 8.38. The fraction of sp³-hybridized carbons (Fsp3) is 0.622. The maximum atomic E-state index is 11.8. The van der Waals surface area contributed by atoms with Crippen LogP contribution in [0.25, 0.3) is 0 Å². The molecule has 4 N–H and O–H groups in total. The summed E-state index contributed by atoms with van der Waals surface area (Å²) >= 11 is 0.559. The number of carbonyl (C=O) groups is 4. The second-order valence-electron chi connectivity index (χ2n) is 13.3. The molecule has 1 heterocycles. The standard InChI is InChI=1S/C37H55N7O15S/c1-26-22-29(6-7-30(26)40-41-35-31(43(51)52)25-34(60-35)44(53)54)42(10-14-57-18-16-55-12-4-8-38-32(45)23-27(2)36(47)48)11-15-58-19-21-59-20-17-56-13-5-9-39-33(46)24-28(3)37(49)50/h6-7,22,25,27-28H,4-5,8-21,23-24H2,1-3H3,(H,38,45)(H,39,46)(H,47,48)(H,49,50)/b41-40+. The number of rotatable bonds is 34. The zero-order valence-electron chi connectivity index (χ0n) is 34.0. The van der Waals surface area contributed by atoms with Gasteiger partial charge < -0.3 is 49.4 Å². The van der Waals surface area contributed by atoms with E-state index in [9.17, 15) is 39.4 Å². The van der Waals surface area contributed by atoms with Crippen LogP contribution in [-0.4, -0.2) is 136 Å². The van der Waals surface area contributed by atoms with Crippen LogP contribution in [0.5, 0.6) is 0 Å². The Balaban J connectivity index is 1.80. The number of carboxylic acids is 2. The number of carbonyl (C=O) groups excluding carboxylic acids is 2. The molecule has 0 fully saturated rings. The Bertz CT molecular complexity index is 1710. The highest BCUT2D eigenvalue weighted by atomic mass is 32.1. The number of nitrogens with zero attached hydrogens (tertiary/aromatic N) is 5. The van der Waals surface area contributed by atoms with E-state index in [4.69, 9.17) is 33.9 Å². The zero-order valence-corrected chi connectivity index (χ0v) is 34.9. The van der Waals surface area contributed by atoms with Crippen LogP contribution in [0.2, 0.25) is 0 Å². The summed E-state index contributed by atoms with van der Waals surface area (Å²) in [7, 11) is 0. The summed E-state index contributed by atoms with van der Waals surface area (Å²) < 4.78 is 28.2. The minimum Gasteiger partial charge on any atom is -0.481 e. The molecule has 1 aromatic heterocycles. The second kappa shape index (κ2) is 29.1. The minimum atomic E-state index is -1.02. The monoisotopic (exact) mass is 869 g/mol. The number of anilines is 1. The highest BCUT2D eigenvalue weighted by Crippen LogP contribution is 2.42. The van der Waals surface area contributed by atoms with Crippen molar-refractivity contribution in [1.82, 2.24) is 10.6 Å². The van der Waals surface area contributed by atoms with E-state index in [0.717, 1.165) is 11.8 Å². The summed E-state index contributed by atoms with van der Waals surface area (Å²) in [5.74, 6) is -4.18. The fourth-order valence-corrected chi connectivity index (χ4v) is 5.73. The number of hydrogen-bond donors (Lipinski definition) is 4. The van der Waals surface area contributed by atoms with Crippen LogP contribution in [0.4, 0.5) is 27.1 Å². The van der Waals surface area contributed by atoms with Gasteiger partial charge in [0.05, 0.1) is 80.2 Å². The van der Waals surface area contributed by atoms with Gasteiger partial charge in [-0.1, -0.05) is 13.8 Å². The van der Waals surface area contributed by atoms with Crippen molar-refractivity contribution in [2.75, 3.05) is 97.1 Å².